The summed E-state index contributed by atoms with van der Waals surface area (Å²) in [4.78, 5) is 14.3. The van der Waals surface area contributed by atoms with Gasteiger partial charge in [0.15, 0.2) is 11.5 Å². The number of hydrogen-bond acceptors (Lipinski definition) is 4. The van der Waals surface area contributed by atoms with Gasteiger partial charge in [-0.1, -0.05) is 6.07 Å². The van der Waals surface area contributed by atoms with E-state index >= 15 is 0 Å². The number of rotatable bonds is 3. The number of likely N-dealkylation sites (tertiary alicyclic amines) is 1. The molecule has 1 amide bonds. The molecule has 0 radical (unpaired) electrons. The second-order valence-electron chi connectivity index (χ2n) is 8.13. The van der Waals surface area contributed by atoms with Gasteiger partial charge in [0.05, 0.1) is 14.2 Å². The molecular weight excluding hydrogens is 316 g/mol. The Morgan fingerprint density at radius 3 is 2.64 bits per heavy atom. The highest BCUT2D eigenvalue weighted by atomic mass is 16.5. The molecule has 1 aromatic carbocycles. The van der Waals surface area contributed by atoms with E-state index in [2.05, 4.69) is 29.4 Å². The summed E-state index contributed by atoms with van der Waals surface area (Å²) in [7, 11) is 5.61. The molecule has 1 aliphatic carbocycles. The van der Waals surface area contributed by atoms with Crippen molar-refractivity contribution in [2.45, 2.75) is 43.6 Å². The molecule has 5 nitrogen and oxygen atoms in total. The number of nitrogens with one attached hydrogen (secondary N) is 1. The molecule has 1 unspecified atom stereocenters. The van der Waals surface area contributed by atoms with Crippen LogP contribution < -0.4 is 14.8 Å². The summed E-state index contributed by atoms with van der Waals surface area (Å²) >= 11 is 0. The van der Waals surface area contributed by atoms with Crippen LogP contribution in [0.3, 0.4) is 0 Å². The van der Waals surface area contributed by atoms with E-state index in [1.807, 2.05) is 6.07 Å². The maximum atomic E-state index is 11.8. The van der Waals surface area contributed by atoms with Crippen molar-refractivity contribution >= 4 is 5.91 Å². The van der Waals surface area contributed by atoms with Gasteiger partial charge in [0.25, 0.3) is 0 Å². The molecule has 0 aromatic heterocycles. The maximum absolute atomic E-state index is 11.8. The largest absolute Gasteiger partial charge is 0.493 e. The van der Waals surface area contributed by atoms with Crippen LogP contribution in [0.15, 0.2) is 18.2 Å². The molecule has 4 rings (SSSR count). The molecule has 1 N–H and O–H groups in total. The van der Waals surface area contributed by atoms with Crippen molar-refractivity contribution in [3.63, 3.8) is 0 Å². The van der Waals surface area contributed by atoms with E-state index in [-0.39, 0.29) is 16.7 Å². The monoisotopic (exact) mass is 344 g/mol. The van der Waals surface area contributed by atoms with Crippen LogP contribution >= 0.6 is 0 Å². The van der Waals surface area contributed by atoms with E-state index in [0.29, 0.717) is 12.5 Å². The lowest BCUT2D eigenvalue weighted by atomic mass is 9.58. The molecule has 136 valence electrons. The minimum atomic E-state index is 0.153. The molecule has 1 spiro atoms. The van der Waals surface area contributed by atoms with Crippen LogP contribution in [0.1, 0.15) is 37.7 Å². The van der Waals surface area contributed by atoms with Crippen molar-refractivity contribution in [2.75, 3.05) is 34.4 Å². The second kappa shape index (κ2) is 5.90. The first-order valence-corrected chi connectivity index (χ1v) is 9.21. The Morgan fingerprint density at radius 1 is 1.16 bits per heavy atom. The number of amides is 1. The van der Waals surface area contributed by atoms with Crippen LogP contribution in [0.25, 0.3) is 0 Å². The van der Waals surface area contributed by atoms with E-state index in [4.69, 9.17) is 9.47 Å². The Morgan fingerprint density at radius 2 is 1.96 bits per heavy atom. The van der Waals surface area contributed by atoms with Gasteiger partial charge in [0, 0.05) is 24.4 Å². The first kappa shape index (κ1) is 16.7. The first-order valence-electron chi connectivity index (χ1n) is 9.21. The van der Waals surface area contributed by atoms with E-state index in [0.717, 1.165) is 43.9 Å². The Hall–Kier alpha value is -1.75. The molecule has 3 fully saturated rings. The molecule has 2 aliphatic heterocycles. The fourth-order valence-corrected chi connectivity index (χ4v) is 5.46. The number of benzene rings is 1. The highest BCUT2D eigenvalue weighted by Crippen LogP contribution is 2.56. The van der Waals surface area contributed by atoms with Crippen LogP contribution in [0.2, 0.25) is 0 Å². The van der Waals surface area contributed by atoms with Gasteiger partial charge in [-0.05, 0) is 62.4 Å². The molecule has 25 heavy (non-hydrogen) atoms. The van der Waals surface area contributed by atoms with E-state index in [9.17, 15) is 4.79 Å². The lowest BCUT2D eigenvalue weighted by Crippen LogP contribution is -2.50. The van der Waals surface area contributed by atoms with Gasteiger partial charge < -0.3 is 19.7 Å². The molecular formula is C20H28N2O3. The number of carbonyl (C=O) groups is 1. The number of nitrogens with zero attached hydrogens (tertiary/aromatic N) is 1. The van der Waals surface area contributed by atoms with Crippen LogP contribution in [0, 0.1) is 5.41 Å². The highest BCUT2D eigenvalue weighted by Gasteiger charge is 2.56. The van der Waals surface area contributed by atoms with Gasteiger partial charge in [0.2, 0.25) is 5.91 Å². The number of carbonyl (C=O) groups excluding carboxylic acids is 1. The Balaban J connectivity index is 1.70. The van der Waals surface area contributed by atoms with Crippen molar-refractivity contribution in [3.05, 3.63) is 23.8 Å². The smallest absolute Gasteiger partial charge is 0.220 e. The quantitative estimate of drug-likeness (QED) is 0.914. The Kier molecular flexibility index (Phi) is 3.95. The average Bonchev–Trinajstić information content (AvgIpc) is 3.16. The summed E-state index contributed by atoms with van der Waals surface area (Å²) in [6, 6.07) is 6.89. The third-order valence-electron chi connectivity index (χ3n) is 6.96. The Labute approximate surface area is 149 Å². The van der Waals surface area contributed by atoms with Gasteiger partial charge in [0.1, 0.15) is 0 Å². The normalized spacial score (nSPS) is 34.8. The second-order valence-corrected chi connectivity index (χ2v) is 8.13. The average molecular weight is 344 g/mol. The van der Waals surface area contributed by atoms with E-state index in [1.165, 1.54) is 12.0 Å². The van der Waals surface area contributed by atoms with Crippen LogP contribution in [0.5, 0.6) is 11.5 Å². The van der Waals surface area contributed by atoms with Crippen molar-refractivity contribution in [3.8, 4) is 11.5 Å². The van der Waals surface area contributed by atoms with Crippen molar-refractivity contribution in [1.29, 1.82) is 0 Å². The number of fused-ring (bicyclic) bond motifs is 1. The number of ether oxygens (including phenoxy) is 2. The van der Waals surface area contributed by atoms with Crippen molar-refractivity contribution < 1.29 is 14.3 Å². The minimum Gasteiger partial charge on any atom is -0.493 e. The topological polar surface area (TPSA) is 50.8 Å². The zero-order valence-electron chi connectivity index (χ0n) is 15.4. The summed E-state index contributed by atoms with van der Waals surface area (Å²) in [6.45, 7) is 1.95. The fourth-order valence-electron chi connectivity index (χ4n) is 5.46. The van der Waals surface area contributed by atoms with Crippen molar-refractivity contribution in [2.24, 2.45) is 5.41 Å². The predicted molar refractivity (Wildman–Crippen MR) is 96.2 cm³/mol. The molecule has 3 aliphatic rings. The minimum absolute atomic E-state index is 0.153. The number of hydrogen-bond donors (Lipinski definition) is 1. The lowest BCUT2D eigenvalue weighted by molar-refractivity contribution is -0.120. The zero-order chi connectivity index (χ0) is 17.7. The highest BCUT2D eigenvalue weighted by molar-refractivity contribution is 5.79. The summed E-state index contributed by atoms with van der Waals surface area (Å²) in [5.41, 5.74) is 1.66. The van der Waals surface area contributed by atoms with Gasteiger partial charge in [-0.15, -0.1) is 0 Å². The van der Waals surface area contributed by atoms with E-state index < -0.39 is 0 Å². The molecule has 0 bridgehead atoms. The molecule has 1 aromatic rings. The number of methoxy groups -OCH3 is 2. The third-order valence-corrected chi connectivity index (χ3v) is 6.96. The molecule has 5 heteroatoms. The first-order chi connectivity index (χ1) is 12.0. The molecule has 2 heterocycles. The van der Waals surface area contributed by atoms with Gasteiger partial charge in [-0.25, -0.2) is 0 Å². The van der Waals surface area contributed by atoms with Crippen LogP contribution in [-0.4, -0.2) is 51.2 Å². The SMILES string of the molecule is COc1ccc([C@]23CCN(C)[C@H]2CC2(CC3)CNC(=O)C2)cc1OC. The van der Waals surface area contributed by atoms with Gasteiger partial charge >= 0.3 is 0 Å². The Bertz CT molecular complexity index is 692. The van der Waals surface area contributed by atoms with Crippen molar-refractivity contribution in [1.82, 2.24) is 10.2 Å². The van der Waals surface area contributed by atoms with Crippen LogP contribution in [0.4, 0.5) is 0 Å². The summed E-state index contributed by atoms with van der Waals surface area (Å²) in [6.07, 6.45) is 5.20. The summed E-state index contributed by atoms with van der Waals surface area (Å²) < 4.78 is 11.0. The molecule has 3 atom stereocenters. The molecule has 1 saturated carbocycles. The van der Waals surface area contributed by atoms with E-state index in [1.54, 1.807) is 14.2 Å². The number of likely N-dealkylation sites (N-methyl/N-ethyl adjacent to an activating group) is 1. The molecule has 2 saturated heterocycles. The predicted octanol–water partition coefficient (Wildman–Crippen LogP) is 2.34. The van der Waals surface area contributed by atoms with Gasteiger partial charge in [-0.3, -0.25) is 4.79 Å². The fraction of sp³-hybridized carbons (Fsp3) is 0.650. The maximum Gasteiger partial charge on any atom is 0.220 e. The van der Waals surface area contributed by atoms with Gasteiger partial charge in [-0.2, -0.15) is 0 Å². The summed E-state index contributed by atoms with van der Waals surface area (Å²) in [5.74, 6) is 1.81. The third kappa shape index (κ3) is 2.51. The van der Waals surface area contributed by atoms with Crippen LogP contribution in [-0.2, 0) is 10.2 Å². The zero-order valence-corrected chi connectivity index (χ0v) is 15.4. The standard InChI is InChI=1S/C20H28N2O3/c1-22-9-8-20(14-4-5-15(24-2)16(10-14)25-3)7-6-19(11-17(20)22)12-18(23)21-13-19/h4-5,10,17H,6-9,11-13H2,1-3H3,(H,21,23)/t17-,19?,20-/m0/s1. The lowest BCUT2D eigenvalue weighted by Gasteiger charge is -2.48. The summed E-state index contributed by atoms with van der Waals surface area (Å²) in [5, 5.41) is 3.07.